The van der Waals surface area contributed by atoms with Crippen molar-refractivity contribution >= 4 is 46.6 Å². The van der Waals surface area contributed by atoms with E-state index in [4.69, 9.17) is 34.8 Å². The molecule has 3 aromatic carbocycles. The lowest BCUT2D eigenvalue weighted by molar-refractivity contribution is -0.140. The van der Waals surface area contributed by atoms with Crippen LogP contribution in [0.1, 0.15) is 23.6 Å². The molecule has 2 amide bonds. The number of halogens is 3. The fraction of sp³-hybridized carbons (Fsp3) is 0.200. The van der Waals surface area contributed by atoms with Gasteiger partial charge in [-0.2, -0.15) is 0 Å². The summed E-state index contributed by atoms with van der Waals surface area (Å²) in [6.45, 7) is 2.37. The first-order chi connectivity index (χ1) is 15.3. The van der Waals surface area contributed by atoms with Crippen molar-refractivity contribution in [1.82, 2.24) is 10.2 Å². The molecule has 0 aromatic heterocycles. The van der Waals surface area contributed by atoms with Crippen LogP contribution in [0.2, 0.25) is 15.1 Å². The van der Waals surface area contributed by atoms with E-state index < -0.39 is 6.04 Å². The zero-order chi connectivity index (χ0) is 23.1. The van der Waals surface area contributed by atoms with Gasteiger partial charge in [0.2, 0.25) is 11.8 Å². The minimum Gasteiger partial charge on any atom is -0.350 e. The highest BCUT2D eigenvalue weighted by Crippen LogP contribution is 2.17. The molecule has 3 aromatic rings. The van der Waals surface area contributed by atoms with E-state index in [1.54, 1.807) is 48.2 Å². The highest BCUT2D eigenvalue weighted by atomic mass is 35.5. The summed E-state index contributed by atoms with van der Waals surface area (Å²) in [6.07, 6.45) is 0.166. The van der Waals surface area contributed by atoms with E-state index in [0.29, 0.717) is 28.2 Å². The van der Waals surface area contributed by atoms with Crippen LogP contribution in [0.15, 0.2) is 72.8 Å². The number of hydrogen-bond acceptors (Lipinski definition) is 2. The second-order valence-corrected chi connectivity index (χ2v) is 8.78. The largest absolute Gasteiger partial charge is 0.350 e. The molecule has 0 aliphatic heterocycles. The minimum atomic E-state index is -0.669. The summed E-state index contributed by atoms with van der Waals surface area (Å²) < 4.78 is 0. The van der Waals surface area contributed by atoms with Crippen LogP contribution in [0.4, 0.5) is 0 Å². The molecule has 0 aliphatic rings. The van der Waals surface area contributed by atoms with Gasteiger partial charge in [0.25, 0.3) is 0 Å². The van der Waals surface area contributed by atoms with Crippen molar-refractivity contribution in [3.8, 4) is 0 Å². The number of amides is 2. The third-order valence-corrected chi connectivity index (χ3v) is 5.84. The predicted molar refractivity (Wildman–Crippen MR) is 130 cm³/mol. The first-order valence-electron chi connectivity index (χ1n) is 10.1. The number of hydrogen-bond donors (Lipinski definition) is 1. The zero-order valence-corrected chi connectivity index (χ0v) is 19.8. The van der Waals surface area contributed by atoms with E-state index in [9.17, 15) is 9.59 Å². The van der Waals surface area contributed by atoms with Crippen LogP contribution in [0.25, 0.3) is 0 Å². The van der Waals surface area contributed by atoms with Crippen molar-refractivity contribution in [1.29, 1.82) is 0 Å². The molecule has 4 nitrogen and oxygen atoms in total. The molecule has 166 valence electrons. The van der Waals surface area contributed by atoms with E-state index in [-0.39, 0.29) is 18.2 Å². The Kier molecular flexibility index (Phi) is 8.57. The summed E-state index contributed by atoms with van der Waals surface area (Å²) in [5.74, 6) is -0.394. The molecule has 1 unspecified atom stereocenters. The van der Waals surface area contributed by atoms with Gasteiger partial charge >= 0.3 is 0 Å². The fourth-order valence-electron chi connectivity index (χ4n) is 3.19. The quantitative estimate of drug-likeness (QED) is 0.427. The Morgan fingerprint density at radius 3 is 1.69 bits per heavy atom. The van der Waals surface area contributed by atoms with E-state index in [0.717, 1.165) is 16.7 Å². The van der Waals surface area contributed by atoms with Crippen LogP contribution in [0, 0.1) is 0 Å². The second kappa shape index (κ2) is 11.4. The lowest BCUT2D eigenvalue weighted by atomic mass is 10.1. The van der Waals surface area contributed by atoms with E-state index in [1.807, 2.05) is 36.4 Å². The SMILES string of the molecule is CC(C(=O)NCc1ccc(Cl)cc1)N(Cc1ccc(Cl)cc1)C(=O)Cc1ccc(Cl)cc1. The Bertz CT molecular complexity index is 1050. The van der Waals surface area contributed by atoms with Gasteiger partial charge in [0.15, 0.2) is 0 Å². The van der Waals surface area contributed by atoms with Crippen LogP contribution < -0.4 is 5.32 Å². The molecule has 0 spiro atoms. The summed E-state index contributed by atoms with van der Waals surface area (Å²) in [7, 11) is 0. The van der Waals surface area contributed by atoms with Gasteiger partial charge in [0, 0.05) is 28.2 Å². The van der Waals surface area contributed by atoms with Crippen molar-refractivity contribution in [3.05, 3.63) is 105 Å². The summed E-state index contributed by atoms with van der Waals surface area (Å²) in [5.41, 5.74) is 2.64. The molecule has 1 N–H and O–H groups in total. The number of carbonyl (C=O) groups excluding carboxylic acids is 2. The number of carbonyl (C=O) groups is 2. The summed E-state index contributed by atoms with van der Waals surface area (Å²) in [4.78, 5) is 27.7. The maximum atomic E-state index is 13.2. The highest BCUT2D eigenvalue weighted by molar-refractivity contribution is 6.31. The number of benzene rings is 3. The highest BCUT2D eigenvalue weighted by Gasteiger charge is 2.26. The smallest absolute Gasteiger partial charge is 0.242 e. The number of rotatable bonds is 8. The minimum absolute atomic E-state index is 0.156. The average Bonchev–Trinajstić information content (AvgIpc) is 2.79. The standard InChI is InChI=1S/C25H23Cl3N2O2/c1-17(25(32)29-15-19-4-10-22(27)11-5-19)30(16-20-6-12-23(28)13-7-20)24(31)14-18-2-8-21(26)9-3-18/h2-13,17H,14-16H2,1H3,(H,29,32). The Labute approximate surface area is 203 Å². The Morgan fingerprint density at radius 1 is 0.750 bits per heavy atom. The molecule has 0 saturated heterocycles. The lowest BCUT2D eigenvalue weighted by Gasteiger charge is -2.29. The van der Waals surface area contributed by atoms with Gasteiger partial charge in [-0.15, -0.1) is 0 Å². The maximum Gasteiger partial charge on any atom is 0.242 e. The normalized spacial score (nSPS) is 11.6. The molecule has 0 fully saturated rings. The second-order valence-electron chi connectivity index (χ2n) is 7.47. The average molecular weight is 490 g/mol. The third kappa shape index (κ3) is 6.99. The Balaban J connectivity index is 1.73. The number of nitrogens with zero attached hydrogens (tertiary/aromatic N) is 1. The fourth-order valence-corrected chi connectivity index (χ4v) is 3.56. The predicted octanol–water partition coefficient (Wildman–Crippen LogP) is 5.92. The molecule has 0 radical (unpaired) electrons. The van der Waals surface area contributed by atoms with Gasteiger partial charge in [-0.3, -0.25) is 9.59 Å². The van der Waals surface area contributed by atoms with Crippen molar-refractivity contribution in [3.63, 3.8) is 0 Å². The number of nitrogens with one attached hydrogen (secondary N) is 1. The van der Waals surface area contributed by atoms with Gasteiger partial charge in [0.05, 0.1) is 6.42 Å². The summed E-state index contributed by atoms with van der Waals surface area (Å²) in [5, 5.41) is 4.76. The summed E-state index contributed by atoms with van der Waals surface area (Å²) in [6, 6.07) is 20.9. The first-order valence-corrected chi connectivity index (χ1v) is 11.3. The molecule has 7 heteroatoms. The van der Waals surface area contributed by atoms with Crippen LogP contribution in [-0.2, 0) is 29.1 Å². The Morgan fingerprint density at radius 2 is 1.19 bits per heavy atom. The van der Waals surface area contributed by atoms with Crippen molar-refractivity contribution in [2.24, 2.45) is 0 Å². The summed E-state index contributed by atoms with van der Waals surface area (Å²) >= 11 is 17.9. The third-order valence-electron chi connectivity index (χ3n) is 5.08. The van der Waals surface area contributed by atoms with Gasteiger partial charge in [-0.1, -0.05) is 71.2 Å². The molecule has 0 bridgehead atoms. The monoisotopic (exact) mass is 488 g/mol. The molecule has 3 rings (SSSR count). The van der Waals surface area contributed by atoms with E-state index in [1.165, 1.54) is 0 Å². The first kappa shape index (κ1) is 24.1. The molecule has 32 heavy (non-hydrogen) atoms. The maximum absolute atomic E-state index is 13.2. The molecular formula is C25H23Cl3N2O2. The molecule has 1 atom stereocenters. The van der Waals surface area contributed by atoms with E-state index in [2.05, 4.69) is 5.32 Å². The van der Waals surface area contributed by atoms with Crippen molar-refractivity contribution < 1.29 is 9.59 Å². The molecular weight excluding hydrogens is 467 g/mol. The van der Waals surface area contributed by atoms with Crippen LogP contribution in [0.5, 0.6) is 0 Å². The van der Waals surface area contributed by atoms with E-state index >= 15 is 0 Å². The van der Waals surface area contributed by atoms with Crippen LogP contribution in [0.3, 0.4) is 0 Å². The van der Waals surface area contributed by atoms with Crippen molar-refractivity contribution in [2.45, 2.75) is 32.5 Å². The molecule has 0 saturated carbocycles. The van der Waals surface area contributed by atoms with Crippen LogP contribution in [-0.4, -0.2) is 22.8 Å². The topological polar surface area (TPSA) is 49.4 Å². The van der Waals surface area contributed by atoms with Gasteiger partial charge in [0.1, 0.15) is 6.04 Å². The molecule has 0 heterocycles. The van der Waals surface area contributed by atoms with Crippen molar-refractivity contribution in [2.75, 3.05) is 0 Å². The lowest BCUT2D eigenvalue weighted by Crippen LogP contribution is -2.47. The Hall–Kier alpha value is -2.53. The van der Waals surface area contributed by atoms with Crippen LogP contribution >= 0.6 is 34.8 Å². The zero-order valence-electron chi connectivity index (χ0n) is 17.5. The van der Waals surface area contributed by atoms with Gasteiger partial charge in [-0.05, 0) is 60.0 Å². The molecule has 0 aliphatic carbocycles. The van der Waals surface area contributed by atoms with Gasteiger partial charge < -0.3 is 10.2 Å². The van der Waals surface area contributed by atoms with Gasteiger partial charge in [-0.25, -0.2) is 0 Å².